The Morgan fingerprint density at radius 2 is 0.537 bits per heavy atom. The molecule has 0 saturated heterocycles. The molecule has 0 spiro atoms. The van der Waals surface area contributed by atoms with Crippen LogP contribution in [-0.4, -0.2) is 26.4 Å². The molecule has 0 unspecified atom stereocenters. The van der Waals surface area contributed by atoms with Gasteiger partial charge < -0.3 is 18.9 Å². The van der Waals surface area contributed by atoms with Gasteiger partial charge in [0.1, 0.15) is 54.8 Å². The van der Waals surface area contributed by atoms with Crippen molar-refractivity contribution in [1.29, 1.82) is 0 Å². The number of hydrogen-bond donors (Lipinski definition) is 0. The fourth-order valence-electron chi connectivity index (χ4n) is 3.89. The minimum Gasteiger partial charge on any atom is -0.493 e. The van der Waals surface area contributed by atoms with Gasteiger partial charge in [-0.25, -0.2) is 0 Å². The van der Waals surface area contributed by atoms with Crippen LogP contribution in [0.2, 0.25) is 0 Å². The third kappa shape index (κ3) is 10.1. The van der Waals surface area contributed by atoms with Crippen molar-refractivity contribution >= 4 is 63.7 Å². The number of alkyl halides is 4. The van der Waals surface area contributed by atoms with Gasteiger partial charge in [0, 0.05) is 21.3 Å². The Bertz CT molecular complexity index is 1100. The summed E-state index contributed by atoms with van der Waals surface area (Å²) in [5, 5.41) is 3.18. The molecule has 8 heteroatoms. The second kappa shape index (κ2) is 16.6. The van der Waals surface area contributed by atoms with Crippen LogP contribution in [0.4, 0.5) is 0 Å². The molecule has 0 heterocycles. The van der Waals surface area contributed by atoms with Crippen molar-refractivity contribution in [1.82, 2.24) is 0 Å². The first-order valence-corrected chi connectivity index (χ1v) is 17.6. The molecule has 4 nitrogen and oxygen atoms in total. The van der Waals surface area contributed by atoms with Gasteiger partial charge in [0.2, 0.25) is 0 Å². The Kier molecular flexibility index (Phi) is 12.9. The van der Waals surface area contributed by atoms with Crippen molar-refractivity contribution in [2.45, 2.75) is 21.3 Å². The molecule has 4 rings (SSSR count). The molecule has 0 fully saturated rings. The van der Waals surface area contributed by atoms with Crippen LogP contribution >= 0.6 is 63.7 Å². The van der Waals surface area contributed by atoms with Crippen LogP contribution in [0.15, 0.2) is 97.1 Å². The van der Waals surface area contributed by atoms with E-state index < -0.39 is 5.41 Å². The summed E-state index contributed by atoms with van der Waals surface area (Å²) in [6.45, 7) is 1.33. The number of benzene rings is 4. The molecule has 0 aliphatic carbocycles. The van der Waals surface area contributed by atoms with Crippen molar-refractivity contribution in [2.24, 2.45) is 5.41 Å². The van der Waals surface area contributed by atoms with Crippen LogP contribution in [-0.2, 0) is 21.3 Å². The van der Waals surface area contributed by atoms with Gasteiger partial charge in [-0.1, -0.05) is 112 Å². The lowest BCUT2D eigenvalue weighted by Crippen LogP contribution is -2.45. The van der Waals surface area contributed by atoms with Gasteiger partial charge >= 0.3 is 0 Å². The summed E-state index contributed by atoms with van der Waals surface area (Å²) in [7, 11) is 0. The van der Waals surface area contributed by atoms with Gasteiger partial charge in [-0.15, -0.1) is 0 Å². The van der Waals surface area contributed by atoms with Crippen molar-refractivity contribution in [3.05, 3.63) is 119 Å². The van der Waals surface area contributed by atoms with E-state index in [0.29, 0.717) is 26.4 Å². The summed E-state index contributed by atoms with van der Waals surface area (Å²) in [6, 6.07) is 32.3. The maximum absolute atomic E-state index is 6.37. The monoisotopic (exact) mass is 808 g/mol. The van der Waals surface area contributed by atoms with Crippen LogP contribution in [0.1, 0.15) is 22.3 Å². The number of ether oxygens (including phenoxy) is 4. The van der Waals surface area contributed by atoms with E-state index in [-0.39, 0.29) is 0 Å². The minimum atomic E-state index is -0.635. The average molecular weight is 812 g/mol. The van der Waals surface area contributed by atoms with Gasteiger partial charge in [0.15, 0.2) is 0 Å². The number of hydrogen-bond acceptors (Lipinski definition) is 4. The quantitative estimate of drug-likeness (QED) is 0.106. The molecule has 0 N–H and O–H groups in total. The lowest BCUT2D eigenvalue weighted by atomic mass is 9.92. The first kappa shape index (κ1) is 31.9. The number of rotatable bonds is 16. The van der Waals surface area contributed by atoms with Crippen molar-refractivity contribution in [2.75, 3.05) is 26.4 Å². The zero-order valence-corrected chi connectivity index (χ0v) is 28.9. The van der Waals surface area contributed by atoms with E-state index in [2.05, 4.69) is 112 Å². The lowest BCUT2D eigenvalue weighted by Gasteiger charge is -2.33. The molecule has 0 aromatic heterocycles. The first-order chi connectivity index (χ1) is 20.0. The molecule has 41 heavy (non-hydrogen) atoms. The van der Waals surface area contributed by atoms with Gasteiger partial charge in [0.25, 0.3) is 0 Å². The lowest BCUT2D eigenvalue weighted by molar-refractivity contribution is -0.00352. The molecule has 0 aliphatic heterocycles. The predicted molar refractivity (Wildman–Crippen MR) is 181 cm³/mol. The van der Waals surface area contributed by atoms with E-state index in [1.807, 2.05) is 48.5 Å². The van der Waals surface area contributed by atoms with Gasteiger partial charge in [0.05, 0.1) is 0 Å². The summed E-state index contributed by atoms with van der Waals surface area (Å²) < 4.78 is 25.5. The van der Waals surface area contributed by atoms with Crippen molar-refractivity contribution in [3.8, 4) is 23.0 Å². The highest BCUT2D eigenvalue weighted by Crippen LogP contribution is 2.28. The summed E-state index contributed by atoms with van der Waals surface area (Å²) in [5.74, 6) is 3.13. The fourth-order valence-corrected chi connectivity index (χ4v) is 5.39. The summed E-state index contributed by atoms with van der Waals surface area (Å²) in [5.41, 5.74) is 4.10. The second-order valence-electron chi connectivity index (χ2n) is 9.77. The molecule has 4 aromatic carbocycles. The molecule has 0 radical (unpaired) electrons. The Morgan fingerprint density at radius 1 is 0.341 bits per heavy atom. The van der Waals surface area contributed by atoms with E-state index in [4.69, 9.17) is 18.9 Å². The van der Waals surface area contributed by atoms with Crippen molar-refractivity contribution < 1.29 is 18.9 Å². The van der Waals surface area contributed by atoms with Crippen molar-refractivity contribution in [3.63, 3.8) is 0 Å². The minimum absolute atomic E-state index is 0.332. The molecule has 4 aromatic rings. The predicted octanol–water partition coefficient (Wildman–Crippen LogP) is 9.87. The highest BCUT2D eigenvalue weighted by molar-refractivity contribution is 9.09. The van der Waals surface area contributed by atoms with Crippen LogP contribution in [0.3, 0.4) is 0 Å². The van der Waals surface area contributed by atoms with Crippen LogP contribution in [0.5, 0.6) is 23.0 Å². The van der Waals surface area contributed by atoms with Crippen LogP contribution in [0, 0.1) is 5.41 Å². The van der Waals surface area contributed by atoms with Gasteiger partial charge in [-0.2, -0.15) is 0 Å². The zero-order valence-electron chi connectivity index (χ0n) is 22.5. The van der Waals surface area contributed by atoms with E-state index >= 15 is 0 Å². The maximum atomic E-state index is 6.37. The summed E-state index contributed by atoms with van der Waals surface area (Å²) >= 11 is 14.0. The molecule has 0 saturated carbocycles. The normalized spacial score (nSPS) is 11.2. The fraction of sp³-hybridized carbons (Fsp3) is 0.273. The van der Waals surface area contributed by atoms with E-state index in [1.165, 1.54) is 22.3 Å². The maximum Gasteiger partial charge on any atom is 0.119 e. The van der Waals surface area contributed by atoms with E-state index in [1.54, 1.807) is 0 Å². The average Bonchev–Trinajstić information content (AvgIpc) is 3.05. The molecule has 216 valence electrons. The first-order valence-electron chi connectivity index (χ1n) is 13.2. The van der Waals surface area contributed by atoms with E-state index in [0.717, 1.165) is 44.3 Å². The zero-order chi connectivity index (χ0) is 28.9. The molecule has 0 aliphatic rings. The SMILES string of the molecule is BrCc1ccc(OCC(COc2ccc(CBr)cc2)(COc2ccc(CBr)cc2)COc2ccc(CBr)cc2)cc1. The standard InChI is InChI=1S/C33H32Br4O4/c34-17-25-1-9-29(10-2-25)38-21-33(22-39-30-11-3-26(18-35)4-12-30,23-40-31-13-5-27(19-36)6-14-31)24-41-32-15-7-28(20-37)8-16-32/h1-16H,17-24H2. The van der Waals surface area contributed by atoms with Crippen LogP contribution < -0.4 is 18.9 Å². The highest BCUT2D eigenvalue weighted by atomic mass is 79.9. The molecular weight excluding hydrogens is 780 g/mol. The van der Waals surface area contributed by atoms with E-state index in [9.17, 15) is 0 Å². The van der Waals surface area contributed by atoms with Gasteiger partial charge in [-0.05, 0) is 70.8 Å². The summed E-state index contributed by atoms with van der Waals surface area (Å²) in [4.78, 5) is 0. The highest BCUT2D eigenvalue weighted by Gasteiger charge is 2.36. The third-order valence-corrected chi connectivity index (χ3v) is 9.08. The largest absolute Gasteiger partial charge is 0.493 e. The summed E-state index contributed by atoms with van der Waals surface area (Å²) in [6.07, 6.45) is 0. The number of halogens is 4. The molecule has 0 amide bonds. The molecule has 0 bridgehead atoms. The Hall–Kier alpha value is -2.00. The third-order valence-electron chi connectivity index (χ3n) is 6.49. The Labute approximate surface area is 276 Å². The Balaban J connectivity index is 1.58. The van der Waals surface area contributed by atoms with Gasteiger partial charge in [-0.3, -0.25) is 0 Å². The molecular formula is C33H32Br4O4. The topological polar surface area (TPSA) is 36.9 Å². The molecule has 0 atom stereocenters. The smallest absolute Gasteiger partial charge is 0.119 e. The second-order valence-corrected chi connectivity index (χ2v) is 12.0. The Morgan fingerprint density at radius 3 is 0.707 bits per heavy atom. The van der Waals surface area contributed by atoms with Crippen LogP contribution in [0.25, 0.3) is 0 Å².